The summed E-state index contributed by atoms with van der Waals surface area (Å²) in [5.41, 5.74) is 2.26. The molecule has 4 nitrogen and oxygen atoms in total. The number of aryl methyl sites for hydroxylation is 1. The number of pyridine rings is 1. The van der Waals surface area contributed by atoms with Crippen LogP contribution in [0, 0.1) is 6.92 Å². The molecule has 0 saturated heterocycles. The first-order valence-corrected chi connectivity index (χ1v) is 5.57. The van der Waals surface area contributed by atoms with Crippen molar-refractivity contribution in [3.05, 3.63) is 24.0 Å². The van der Waals surface area contributed by atoms with E-state index >= 15 is 0 Å². The van der Waals surface area contributed by atoms with Gasteiger partial charge in [-0.05, 0) is 19.1 Å². The molecule has 0 spiro atoms. The molecule has 0 aromatic carbocycles. The lowest BCUT2D eigenvalue weighted by Gasteiger charge is -2.19. The summed E-state index contributed by atoms with van der Waals surface area (Å²) < 4.78 is 4.96. The molecular formula is C12H21N3O. The van der Waals surface area contributed by atoms with Crippen LogP contribution in [0.1, 0.15) is 5.69 Å². The Bertz CT molecular complexity index is 304. The fraction of sp³-hybridized carbons (Fsp3) is 0.583. The zero-order valence-corrected chi connectivity index (χ0v) is 10.4. The first kappa shape index (κ1) is 12.9. The maximum atomic E-state index is 4.96. The summed E-state index contributed by atoms with van der Waals surface area (Å²) in [5.74, 6) is 0. The topological polar surface area (TPSA) is 37.4 Å². The van der Waals surface area contributed by atoms with E-state index in [2.05, 4.69) is 28.3 Å². The molecule has 0 aliphatic heterocycles. The van der Waals surface area contributed by atoms with Gasteiger partial charge in [-0.15, -0.1) is 0 Å². The zero-order chi connectivity index (χ0) is 11.8. The number of rotatable bonds is 7. The number of likely N-dealkylation sites (N-methyl/N-ethyl adjacent to an activating group) is 1. The SMILES string of the molecule is COCCNCCN(C)c1ccnc(C)c1. The minimum absolute atomic E-state index is 0.762. The van der Waals surface area contributed by atoms with Gasteiger partial charge in [0.1, 0.15) is 0 Å². The van der Waals surface area contributed by atoms with Crippen LogP contribution in [0.15, 0.2) is 18.3 Å². The van der Waals surface area contributed by atoms with Gasteiger partial charge in [-0.2, -0.15) is 0 Å². The Kier molecular flexibility index (Phi) is 5.82. The summed E-state index contributed by atoms with van der Waals surface area (Å²) in [6.07, 6.45) is 1.85. The third-order valence-corrected chi connectivity index (χ3v) is 2.43. The predicted octanol–water partition coefficient (Wildman–Crippen LogP) is 1.06. The van der Waals surface area contributed by atoms with Crippen molar-refractivity contribution in [1.29, 1.82) is 0 Å². The average Bonchev–Trinajstić information content (AvgIpc) is 2.28. The number of anilines is 1. The standard InChI is InChI=1S/C12H21N3O/c1-11-10-12(4-5-14-11)15(2)8-6-13-7-9-16-3/h4-5,10,13H,6-9H2,1-3H3. The summed E-state index contributed by atoms with van der Waals surface area (Å²) in [4.78, 5) is 6.40. The molecule has 4 heteroatoms. The highest BCUT2D eigenvalue weighted by Gasteiger charge is 2.00. The maximum Gasteiger partial charge on any atom is 0.0587 e. The highest BCUT2D eigenvalue weighted by atomic mass is 16.5. The lowest BCUT2D eigenvalue weighted by atomic mass is 10.3. The molecule has 0 bridgehead atoms. The van der Waals surface area contributed by atoms with Crippen LogP contribution in [0.3, 0.4) is 0 Å². The van der Waals surface area contributed by atoms with E-state index in [1.54, 1.807) is 7.11 Å². The van der Waals surface area contributed by atoms with Crippen LogP contribution in [-0.4, -0.2) is 45.4 Å². The molecule has 0 radical (unpaired) electrons. The number of methoxy groups -OCH3 is 1. The first-order valence-electron chi connectivity index (χ1n) is 5.57. The smallest absolute Gasteiger partial charge is 0.0587 e. The highest BCUT2D eigenvalue weighted by molar-refractivity contribution is 5.45. The van der Waals surface area contributed by atoms with Gasteiger partial charge < -0.3 is 15.0 Å². The summed E-state index contributed by atoms with van der Waals surface area (Å²) >= 11 is 0. The van der Waals surface area contributed by atoms with Gasteiger partial charge in [0.15, 0.2) is 0 Å². The molecule has 0 amide bonds. The Balaban J connectivity index is 2.27. The van der Waals surface area contributed by atoms with E-state index < -0.39 is 0 Å². The molecule has 0 unspecified atom stereocenters. The normalized spacial score (nSPS) is 10.4. The monoisotopic (exact) mass is 223 g/mol. The molecule has 1 N–H and O–H groups in total. The Hall–Kier alpha value is -1.13. The maximum absolute atomic E-state index is 4.96. The number of aromatic nitrogens is 1. The molecule has 0 fully saturated rings. The fourth-order valence-corrected chi connectivity index (χ4v) is 1.44. The minimum atomic E-state index is 0.762. The molecule has 1 heterocycles. The zero-order valence-electron chi connectivity index (χ0n) is 10.4. The van der Waals surface area contributed by atoms with E-state index in [0.717, 1.165) is 31.9 Å². The number of ether oxygens (including phenoxy) is 1. The van der Waals surface area contributed by atoms with E-state index in [0.29, 0.717) is 0 Å². The van der Waals surface area contributed by atoms with E-state index in [1.165, 1.54) is 5.69 Å². The Labute approximate surface area is 97.6 Å². The predicted molar refractivity (Wildman–Crippen MR) is 67.0 cm³/mol. The third kappa shape index (κ3) is 4.59. The Morgan fingerprint density at radius 1 is 1.44 bits per heavy atom. The molecule has 0 saturated carbocycles. The molecule has 1 rings (SSSR count). The van der Waals surface area contributed by atoms with Crippen LogP contribution >= 0.6 is 0 Å². The van der Waals surface area contributed by atoms with Crippen LogP contribution in [-0.2, 0) is 4.74 Å². The summed E-state index contributed by atoms with van der Waals surface area (Å²) in [6, 6.07) is 4.12. The lowest BCUT2D eigenvalue weighted by molar-refractivity contribution is 0.200. The van der Waals surface area contributed by atoms with E-state index in [9.17, 15) is 0 Å². The van der Waals surface area contributed by atoms with Gasteiger partial charge in [-0.1, -0.05) is 0 Å². The molecule has 0 aliphatic carbocycles. The lowest BCUT2D eigenvalue weighted by Crippen LogP contribution is -2.30. The quantitative estimate of drug-likeness (QED) is 0.701. The molecule has 0 aliphatic rings. The van der Waals surface area contributed by atoms with Gasteiger partial charge in [-0.25, -0.2) is 0 Å². The Morgan fingerprint density at radius 3 is 2.94 bits per heavy atom. The molecule has 16 heavy (non-hydrogen) atoms. The number of hydrogen-bond acceptors (Lipinski definition) is 4. The van der Waals surface area contributed by atoms with E-state index in [4.69, 9.17) is 4.74 Å². The summed E-state index contributed by atoms with van der Waals surface area (Å²) in [5, 5.41) is 3.32. The van der Waals surface area contributed by atoms with Crippen molar-refractivity contribution in [2.75, 3.05) is 45.3 Å². The van der Waals surface area contributed by atoms with Crippen LogP contribution in [0.25, 0.3) is 0 Å². The van der Waals surface area contributed by atoms with E-state index in [1.807, 2.05) is 19.2 Å². The van der Waals surface area contributed by atoms with Crippen molar-refractivity contribution in [2.24, 2.45) is 0 Å². The van der Waals surface area contributed by atoms with Crippen LogP contribution in [0.4, 0.5) is 5.69 Å². The largest absolute Gasteiger partial charge is 0.383 e. The second kappa shape index (κ2) is 7.19. The van der Waals surface area contributed by atoms with Gasteiger partial charge in [-0.3, -0.25) is 4.98 Å². The van der Waals surface area contributed by atoms with Crippen molar-refractivity contribution >= 4 is 5.69 Å². The van der Waals surface area contributed by atoms with Crippen LogP contribution in [0.5, 0.6) is 0 Å². The van der Waals surface area contributed by atoms with Gasteiger partial charge >= 0.3 is 0 Å². The summed E-state index contributed by atoms with van der Waals surface area (Å²) in [6.45, 7) is 5.61. The molecule has 0 atom stereocenters. The average molecular weight is 223 g/mol. The van der Waals surface area contributed by atoms with Crippen LogP contribution in [0.2, 0.25) is 0 Å². The molecular weight excluding hydrogens is 202 g/mol. The van der Waals surface area contributed by atoms with Crippen molar-refractivity contribution < 1.29 is 4.74 Å². The minimum Gasteiger partial charge on any atom is -0.383 e. The van der Waals surface area contributed by atoms with Gasteiger partial charge in [0.2, 0.25) is 0 Å². The molecule has 90 valence electrons. The Morgan fingerprint density at radius 2 is 2.25 bits per heavy atom. The van der Waals surface area contributed by atoms with Crippen molar-refractivity contribution in [2.45, 2.75) is 6.92 Å². The first-order chi connectivity index (χ1) is 7.74. The highest BCUT2D eigenvalue weighted by Crippen LogP contribution is 2.11. The number of hydrogen-bond donors (Lipinski definition) is 1. The fourth-order valence-electron chi connectivity index (χ4n) is 1.44. The van der Waals surface area contributed by atoms with Gasteiger partial charge in [0.25, 0.3) is 0 Å². The summed E-state index contributed by atoms with van der Waals surface area (Å²) in [7, 11) is 3.81. The van der Waals surface area contributed by atoms with Crippen LogP contribution < -0.4 is 10.2 Å². The van der Waals surface area contributed by atoms with E-state index in [-0.39, 0.29) is 0 Å². The number of nitrogens with one attached hydrogen (secondary N) is 1. The third-order valence-electron chi connectivity index (χ3n) is 2.43. The molecule has 1 aromatic rings. The molecule has 1 aromatic heterocycles. The van der Waals surface area contributed by atoms with Crippen molar-refractivity contribution in [1.82, 2.24) is 10.3 Å². The van der Waals surface area contributed by atoms with Gasteiger partial charge in [0.05, 0.1) is 6.61 Å². The van der Waals surface area contributed by atoms with Gasteiger partial charge in [0, 0.05) is 51.4 Å². The van der Waals surface area contributed by atoms with Crippen molar-refractivity contribution in [3.63, 3.8) is 0 Å². The van der Waals surface area contributed by atoms with Crippen molar-refractivity contribution in [3.8, 4) is 0 Å². The number of nitrogens with zero attached hydrogens (tertiary/aromatic N) is 2. The second-order valence-corrected chi connectivity index (χ2v) is 3.82. The second-order valence-electron chi connectivity index (χ2n) is 3.82.